The number of allylic oxidation sites excluding steroid dienone is 16. The van der Waals surface area contributed by atoms with Crippen LogP contribution in [0.5, 0.6) is 0 Å². The quantitative estimate of drug-likeness (QED) is 0.269. The van der Waals surface area contributed by atoms with Crippen LogP contribution in [-0.2, 0) is 24.2 Å². The Kier molecular flexibility index (Phi) is 9.51. The van der Waals surface area contributed by atoms with Gasteiger partial charge in [-0.25, -0.2) is 12.2 Å². The average molecular weight is 743 g/mol. The maximum absolute atomic E-state index is 5.86. The van der Waals surface area contributed by atoms with E-state index in [9.17, 15) is 0 Å². The van der Waals surface area contributed by atoms with Crippen LogP contribution >= 0.6 is 11.6 Å². The second-order valence-electron chi connectivity index (χ2n) is 16.0. The van der Waals surface area contributed by atoms with Crippen molar-refractivity contribution in [3.8, 4) is 0 Å². The predicted octanol–water partition coefficient (Wildman–Crippen LogP) is 12.4. The zero-order chi connectivity index (χ0) is 35.3. The van der Waals surface area contributed by atoms with Gasteiger partial charge in [0.25, 0.3) is 0 Å². The van der Waals surface area contributed by atoms with Gasteiger partial charge in [-0.2, -0.15) is 6.08 Å². The Morgan fingerprint density at radius 2 is 1.27 bits per heavy atom. The molecule has 6 aliphatic carbocycles. The van der Waals surface area contributed by atoms with E-state index in [2.05, 4.69) is 177 Å². The van der Waals surface area contributed by atoms with Crippen molar-refractivity contribution in [2.45, 2.75) is 61.8 Å². The topological polar surface area (TPSA) is 0 Å². The van der Waals surface area contributed by atoms with E-state index in [1.807, 2.05) is 30.4 Å². The van der Waals surface area contributed by atoms with Gasteiger partial charge in [-0.3, -0.25) is 6.08 Å². The standard InChI is InChI=1S/C29H37.C13H9Cl.C5H5.Zr/c1-21-14-13-15-22-20-27(6)25(4)18-10-9-16-23(25,2)24(3)17-11-12-19-26(24,5)29(27,8)28(21,22)7;14-13-8-6-12(7-9-13)10-11-4-2-1-3-5-11;1-2-4-5-3-1;/h9-20,22H,1-8H3;1-9H;1-3H,4H2;/q-1;;-1;+2. The molecular formula is C47H51ClZr. The molecule has 0 bridgehead atoms. The van der Waals surface area contributed by atoms with Gasteiger partial charge in [-0.1, -0.05) is 115 Å². The average Bonchev–Trinajstić information content (AvgIpc) is 3.75. The Balaban J connectivity index is 0.000000172. The predicted molar refractivity (Wildman–Crippen MR) is 207 cm³/mol. The molecule has 0 amide bonds. The molecule has 2 aromatic rings. The summed E-state index contributed by atoms with van der Waals surface area (Å²) >= 11 is 7.28. The number of hydrogen-bond acceptors (Lipinski definition) is 0. The first-order chi connectivity index (χ1) is 23.2. The summed E-state index contributed by atoms with van der Waals surface area (Å²) in [5.74, 6) is 0.460. The van der Waals surface area contributed by atoms with Gasteiger partial charge in [0, 0.05) is 10.8 Å². The largest absolute Gasteiger partial charge is 0.273 e. The van der Waals surface area contributed by atoms with Crippen LogP contribution in [0.25, 0.3) is 0 Å². The third-order valence-electron chi connectivity index (χ3n) is 14.8. The van der Waals surface area contributed by atoms with E-state index < -0.39 is 0 Å². The van der Waals surface area contributed by atoms with E-state index in [0.29, 0.717) is 5.92 Å². The summed E-state index contributed by atoms with van der Waals surface area (Å²) in [4.78, 5) is 0. The Bertz CT molecular complexity index is 1840. The first-order valence-corrected chi connectivity index (χ1v) is 19.3. The molecule has 0 aromatic heterocycles. The summed E-state index contributed by atoms with van der Waals surface area (Å²) in [7, 11) is 0. The zero-order valence-electron chi connectivity index (χ0n) is 30.5. The van der Waals surface area contributed by atoms with Gasteiger partial charge in [0.05, 0.1) is 0 Å². The molecule has 250 valence electrons. The van der Waals surface area contributed by atoms with Crippen molar-refractivity contribution >= 4 is 14.8 Å². The molecule has 0 nitrogen and oxygen atoms in total. The van der Waals surface area contributed by atoms with Crippen molar-refractivity contribution in [2.24, 2.45) is 43.8 Å². The molecule has 2 fully saturated rings. The summed E-state index contributed by atoms with van der Waals surface area (Å²) < 4.78 is 1.36. The Hall–Kier alpha value is -2.60. The third-order valence-corrected chi connectivity index (χ3v) is 16.5. The second-order valence-corrected chi connectivity index (χ2v) is 17.6. The summed E-state index contributed by atoms with van der Waals surface area (Å²) in [5.41, 5.74) is 4.28. The Morgan fingerprint density at radius 3 is 1.82 bits per heavy atom. The monoisotopic (exact) mass is 740 g/mol. The minimum Gasteiger partial charge on any atom is -0.273 e. The third kappa shape index (κ3) is 4.88. The number of fused-ring (bicyclic) bond motifs is 8. The molecule has 2 heteroatoms. The van der Waals surface area contributed by atoms with Gasteiger partial charge in [-0.15, -0.1) is 23.8 Å². The van der Waals surface area contributed by atoms with Crippen LogP contribution in [0.2, 0.25) is 5.02 Å². The minimum atomic E-state index is 0.00615. The fraction of sp³-hybridized carbons (Fsp3) is 0.362. The van der Waals surface area contributed by atoms with E-state index >= 15 is 0 Å². The molecule has 0 aliphatic heterocycles. The molecule has 0 heterocycles. The SMILES string of the molecule is CC1=CC=CC2[CH-]C3(C)C4(C)C=CC=CC4(C)C4(C)C=CC=CC4(C)C3(C)C12C.Clc1ccc([C](=[Zr+2])c2ccccc2)cc1.[C-]1=CC=CC1. The first kappa shape index (κ1) is 36.2. The maximum atomic E-state index is 5.86. The van der Waals surface area contributed by atoms with Gasteiger partial charge in [-0.05, 0) is 28.6 Å². The molecule has 6 aliphatic rings. The fourth-order valence-corrected chi connectivity index (χ4v) is 11.9. The van der Waals surface area contributed by atoms with E-state index in [1.54, 1.807) is 0 Å². The van der Waals surface area contributed by atoms with Gasteiger partial charge < -0.3 is 6.42 Å². The van der Waals surface area contributed by atoms with E-state index in [0.717, 1.165) is 11.4 Å². The summed E-state index contributed by atoms with van der Waals surface area (Å²) in [5, 5.41) is 0.787. The van der Waals surface area contributed by atoms with Crippen LogP contribution in [0, 0.1) is 56.3 Å². The Labute approximate surface area is 316 Å². The smallest absolute Gasteiger partial charge is 0.109 e. The van der Waals surface area contributed by atoms with Crippen LogP contribution in [0.4, 0.5) is 0 Å². The van der Waals surface area contributed by atoms with Crippen molar-refractivity contribution in [2.75, 3.05) is 0 Å². The normalized spacial score (nSPS) is 39.8. The van der Waals surface area contributed by atoms with Gasteiger partial charge in [0.1, 0.15) is 0 Å². The van der Waals surface area contributed by atoms with E-state index in [4.69, 9.17) is 11.6 Å². The molecule has 0 radical (unpaired) electrons. The minimum absolute atomic E-state index is 0.00615. The number of hydrogen-bond donors (Lipinski definition) is 0. The van der Waals surface area contributed by atoms with Crippen molar-refractivity contribution in [3.05, 3.63) is 174 Å². The molecule has 49 heavy (non-hydrogen) atoms. The fourth-order valence-electron chi connectivity index (χ4n) is 11.0. The van der Waals surface area contributed by atoms with E-state index in [1.165, 1.54) is 44.1 Å². The molecule has 8 rings (SSSR count). The number of halogens is 1. The second kappa shape index (κ2) is 12.9. The number of rotatable bonds is 2. The van der Waals surface area contributed by atoms with Crippen LogP contribution in [0.15, 0.2) is 145 Å². The van der Waals surface area contributed by atoms with Gasteiger partial charge in [0.2, 0.25) is 0 Å². The molecule has 2 saturated carbocycles. The molecule has 8 atom stereocenters. The maximum Gasteiger partial charge on any atom is -0.109 e. The van der Waals surface area contributed by atoms with Crippen LogP contribution in [-0.4, -0.2) is 3.21 Å². The molecule has 0 spiro atoms. The Morgan fingerprint density at radius 1 is 0.714 bits per heavy atom. The summed E-state index contributed by atoms with van der Waals surface area (Å²) in [6.07, 6.45) is 39.3. The molecule has 8 unspecified atom stereocenters. The molecule has 0 saturated heterocycles. The van der Waals surface area contributed by atoms with Crippen LogP contribution in [0.1, 0.15) is 72.9 Å². The van der Waals surface area contributed by atoms with Crippen molar-refractivity contribution in [1.82, 2.24) is 0 Å². The van der Waals surface area contributed by atoms with Crippen molar-refractivity contribution < 1.29 is 24.2 Å². The van der Waals surface area contributed by atoms with Crippen LogP contribution < -0.4 is 0 Å². The molecule has 2 aromatic carbocycles. The zero-order valence-corrected chi connectivity index (χ0v) is 33.7. The van der Waals surface area contributed by atoms with E-state index in [-0.39, 0.29) is 37.9 Å². The van der Waals surface area contributed by atoms with Crippen molar-refractivity contribution in [3.63, 3.8) is 0 Å². The molecular weight excluding hydrogens is 691 g/mol. The molecule has 0 N–H and O–H groups in total. The first-order valence-electron chi connectivity index (χ1n) is 17.7. The summed E-state index contributed by atoms with van der Waals surface area (Å²) in [6, 6.07) is 18.4. The summed E-state index contributed by atoms with van der Waals surface area (Å²) in [6.45, 7) is 20.3. The number of benzene rings is 2. The van der Waals surface area contributed by atoms with Gasteiger partial charge >= 0.3 is 110 Å². The van der Waals surface area contributed by atoms with Crippen LogP contribution in [0.3, 0.4) is 0 Å². The van der Waals surface area contributed by atoms with Crippen molar-refractivity contribution in [1.29, 1.82) is 0 Å². The van der Waals surface area contributed by atoms with Gasteiger partial charge in [0.15, 0.2) is 0 Å².